The van der Waals surface area contributed by atoms with Crippen molar-refractivity contribution in [1.82, 2.24) is 9.97 Å². The number of nitrogens with two attached hydrogens (primary N) is 1. The molecule has 0 fully saturated rings. The normalized spacial score (nSPS) is 10.6. The highest BCUT2D eigenvalue weighted by Crippen LogP contribution is 2.23. The molecule has 1 rings (SSSR count). The highest BCUT2D eigenvalue weighted by atomic mass is 35.5. The zero-order valence-electron chi connectivity index (χ0n) is 7.20. The second kappa shape index (κ2) is 4.67. The number of aromatic nitrogens is 2. The van der Waals surface area contributed by atoms with Crippen LogP contribution in [0.15, 0.2) is 18.5 Å². The van der Waals surface area contributed by atoms with E-state index in [0.29, 0.717) is 12.5 Å². The number of nitrogens with zero attached hydrogens (tertiary/aromatic N) is 2. The predicted octanol–water partition coefficient (Wildman–Crippen LogP) is 1.67. The van der Waals surface area contributed by atoms with Gasteiger partial charge in [-0.3, -0.25) is 0 Å². The van der Waals surface area contributed by atoms with Crippen LogP contribution in [0.1, 0.15) is 6.92 Å². The van der Waals surface area contributed by atoms with E-state index >= 15 is 0 Å². The number of anilines is 1. The lowest BCUT2D eigenvalue weighted by molar-refractivity contribution is 0.349. The summed E-state index contributed by atoms with van der Waals surface area (Å²) < 4.78 is 5.21. The van der Waals surface area contributed by atoms with Crippen LogP contribution in [0.25, 0.3) is 0 Å². The molecule has 0 saturated heterocycles. The van der Waals surface area contributed by atoms with Gasteiger partial charge in [-0.05, 0) is 6.92 Å². The molecule has 0 saturated carbocycles. The van der Waals surface area contributed by atoms with Gasteiger partial charge >= 0.3 is 0 Å². The van der Waals surface area contributed by atoms with E-state index in [-0.39, 0.29) is 10.8 Å². The fraction of sp³-hybridized carbons (Fsp3) is 0.250. The number of halogens is 1. The van der Waals surface area contributed by atoms with Crippen molar-refractivity contribution in [1.29, 1.82) is 0 Å². The summed E-state index contributed by atoms with van der Waals surface area (Å²) in [5.74, 6) is 0.318. The van der Waals surface area contributed by atoms with Crippen molar-refractivity contribution in [2.45, 2.75) is 6.92 Å². The van der Waals surface area contributed by atoms with Crippen molar-refractivity contribution >= 4 is 17.3 Å². The molecule has 1 heterocycles. The van der Waals surface area contributed by atoms with E-state index in [9.17, 15) is 0 Å². The van der Waals surface area contributed by atoms with Gasteiger partial charge in [0.05, 0.1) is 0 Å². The lowest BCUT2D eigenvalue weighted by atomic mass is 10.5. The van der Waals surface area contributed by atoms with Crippen molar-refractivity contribution in [2.75, 3.05) is 12.3 Å². The Balaban J connectivity index is 2.71. The minimum absolute atomic E-state index is 0.213. The first-order valence-electron chi connectivity index (χ1n) is 3.75. The molecule has 5 heteroatoms. The molecule has 0 radical (unpaired) electrons. The van der Waals surface area contributed by atoms with Crippen molar-refractivity contribution in [2.24, 2.45) is 0 Å². The fourth-order valence-corrected chi connectivity index (χ4v) is 0.822. The maximum atomic E-state index is 5.65. The van der Waals surface area contributed by atoms with Gasteiger partial charge in [-0.1, -0.05) is 23.8 Å². The Hall–Kier alpha value is -1.29. The van der Waals surface area contributed by atoms with Crippen LogP contribution in [0.4, 0.5) is 5.69 Å². The van der Waals surface area contributed by atoms with Gasteiger partial charge in [0.2, 0.25) is 5.88 Å². The first kappa shape index (κ1) is 9.80. The van der Waals surface area contributed by atoms with Crippen LogP contribution in [0.5, 0.6) is 5.88 Å². The van der Waals surface area contributed by atoms with Gasteiger partial charge in [-0.25, -0.2) is 4.98 Å². The van der Waals surface area contributed by atoms with E-state index in [1.54, 1.807) is 0 Å². The van der Waals surface area contributed by atoms with Crippen LogP contribution in [0.3, 0.4) is 0 Å². The molecule has 0 unspecified atom stereocenters. The second-order valence-corrected chi connectivity index (χ2v) is 2.62. The largest absolute Gasteiger partial charge is 0.472 e. The third-order valence-corrected chi connectivity index (χ3v) is 1.65. The highest BCUT2D eigenvalue weighted by Gasteiger charge is 2.05. The highest BCUT2D eigenvalue weighted by molar-refractivity contribution is 6.32. The average Bonchev–Trinajstić information content (AvgIpc) is 2.13. The Morgan fingerprint density at radius 3 is 3.08 bits per heavy atom. The summed E-state index contributed by atoms with van der Waals surface area (Å²) in [6.07, 6.45) is 5.03. The van der Waals surface area contributed by atoms with E-state index in [4.69, 9.17) is 22.1 Å². The second-order valence-electron chi connectivity index (χ2n) is 2.26. The van der Waals surface area contributed by atoms with Crippen LogP contribution >= 0.6 is 11.6 Å². The smallest absolute Gasteiger partial charge is 0.242 e. The van der Waals surface area contributed by atoms with E-state index in [1.807, 2.05) is 19.1 Å². The van der Waals surface area contributed by atoms with E-state index < -0.39 is 0 Å². The summed E-state index contributed by atoms with van der Waals surface area (Å²) in [5.41, 5.74) is 5.83. The van der Waals surface area contributed by atoms with Gasteiger partial charge in [0, 0.05) is 0 Å². The zero-order valence-corrected chi connectivity index (χ0v) is 7.95. The van der Waals surface area contributed by atoms with Crippen LogP contribution in [0.2, 0.25) is 5.15 Å². The molecule has 70 valence electrons. The Kier molecular flexibility index (Phi) is 3.52. The molecule has 0 aliphatic heterocycles. The molecule has 0 amide bonds. The molecule has 0 aliphatic carbocycles. The van der Waals surface area contributed by atoms with Crippen molar-refractivity contribution in [3.05, 3.63) is 23.6 Å². The molecule has 1 aromatic rings. The molecule has 0 aromatic carbocycles. The Morgan fingerprint density at radius 2 is 2.38 bits per heavy atom. The quantitative estimate of drug-likeness (QED) is 0.594. The first-order chi connectivity index (χ1) is 6.25. The van der Waals surface area contributed by atoms with Gasteiger partial charge in [0.15, 0.2) is 5.15 Å². The number of allylic oxidation sites excluding steroid dienone is 1. The summed E-state index contributed by atoms with van der Waals surface area (Å²) >= 11 is 5.65. The van der Waals surface area contributed by atoms with Gasteiger partial charge in [0.1, 0.15) is 18.6 Å². The fourth-order valence-electron chi connectivity index (χ4n) is 0.698. The SMILES string of the molecule is C/C=C/COc1ncnc(Cl)c1N. The summed E-state index contributed by atoms with van der Waals surface area (Å²) in [6.45, 7) is 2.33. The molecule has 2 N–H and O–H groups in total. The van der Waals surface area contributed by atoms with Crippen LogP contribution in [-0.2, 0) is 0 Å². The standard InChI is InChI=1S/C8H10ClN3O/c1-2-3-4-13-8-6(10)7(9)11-5-12-8/h2-3,5H,4,10H2,1H3/b3-2+. The molecule has 0 bridgehead atoms. The summed E-state index contributed by atoms with van der Waals surface area (Å²) in [4.78, 5) is 7.53. The Bertz CT molecular complexity index is 314. The molecular weight excluding hydrogens is 190 g/mol. The van der Waals surface area contributed by atoms with Gasteiger partial charge in [-0.15, -0.1) is 0 Å². The third-order valence-electron chi connectivity index (χ3n) is 1.35. The summed E-state index contributed by atoms with van der Waals surface area (Å²) in [7, 11) is 0. The third kappa shape index (κ3) is 2.59. The van der Waals surface area contributed by atoms with E-state index in [2.05, 4.69) is 9.97 Å². The van der Waals surface area contributed by atoms with Crippen molar-refractivity contribution < 1.29 is 4.74 Å². The van der Waals surface area contributed by atoms with Crippen molar-refractivity contribution in [3.63, 3.8) is 0 Å². The first-order valence-corrected chi connectivity index (χ1v) is 4.13. The topological polar surface area (TPSA) is 61.0 Å². The van der Waals surface area contributed by atoms with Gasteiger partial charge in [-0.2, -0.15) is 4.98 Å². The number of hydrogen-bond acceptors (Lipinski definition) is 4. The van der Waals surface area contributed by atoms with Crippen LogP contribution in [-0.4, -0.2) is 16.6 Å². The average molecular weight is 200 g/mol. The molecule has 0 aliphatic rings. The number of ether oxygens (including phenoxy) is 1. The summed E-state index contributed by atoms with van der Waals surface area (Å²) in [6, 6.07) is 0. The summed E-state index contributed by atoms with van der Waals surface area (Å²) in [5, 5.41) is 0.213. The lowest BCUT2D eigenvalue weighted by Crippen LogP contribution is -2.01. The molecule has 13 heavy (non-hydrogen) atoms. The predicted molar refractivity (Wildman–Crippen MR) is 51.8 cm³/mol. The maximum Gasteiger partial charge on any atom is 0.242 e. The zero-order chi connectivity index (χ0) is 9.68. The van der Waals surface area contributed by atoms with Gasteiger partial charge in [0.25, 0.3) is 0 Å². The molecule has 0 atom stereocenters. The number of nitrogen functional groups attached to an aromatic ring is 1. The maximum absolute atomic E-state index is 5.65. The lowest BCUT2D eigenvalue weighted by Gasteiger charge is -2.04. The van der Waals surface area contributed by atoms with Crippen LogP contribution in [0, 0.1) is 0 Å². The van der Waals surface area contributed by atoms with Gasteiger partial charge < -0.3 is 10.5 Å². The van der Waals surface area contributed by atoms with Crippen LogP contribution < -0.4 is 10.5 Å². The molecule has 4 nitrogen and oxygen atoms in total. The molecule has 0 spiro atoms. The molecule has 1 aromatic heterocycles. The van der Waals surface area contributed by atoms with E-state index in [0.717, 1.165) is 0 Å². The minimum atomic E-state index is 0.213. The minimum Gasteiger partial charge on any atom is -0.472 e. The Morgan fingerprint density at radius 1 is 1.62 bits per heavy atom. The number of rotatable bonds is 3. The molecular formula is C8H10ClN3O. The number of hydrogen-bond donors (Lipinski definition) is 1. The van der Waals surface area contributed by atoms with E-state index in [1.165, 1.54) is 6.33 Å². The Labute approximate surface area is 81.4 Å². The monoisotopic (exact) mass is 199 g/mol. The van der Waals surface area contributed by atoms with Crippen molar-refractivity contribution in [3.8, 4) is 5.88 Å².